The number of aliphatic hydroxyl groups is 1. The second-order valence-corrected chi connectivity index (χ2v) is 2.31. The second-order valence-electron chi connectivity index (χ2n) is 2.31. The molecule has 0 heterocycles. The summed E-state index contributed by atoms with van der Waals surface area (Å²) in [7, 11) is 0. The van der Waals surface area contributed by atoms with Crippen molar-refractivity contribution in [3.8, 4) is 0 Å². The molecule has 0 amide bonds. The fraction of sp³-hybridized carbons (Fsp3) is 0.625. The molecule has 0 saturated heterocycles. The van der Waals surface area contributed by atoms with Crippen molar-refractivity contribution in [3.63, 3.8) is 0 Å². The predicted octanol–water partition coefficient (Wildman–Crippen LogP) is 0.877. The molecule has 0 aliphatic heterocycles. The third-order valence-corrected chi connectivity index (χ3v) is 1.09. The summed E-state index contributed by atoms with van der Waals surface area (Å²) in [6, 6.07) is 0. The lowest BCUT2D eigenvalue weighted by Crippen LogP contribution is -2.07. The molecule has 3 heteroatoms. The average Bonchev–Trinajstić information content (AvgIpc) is 1.86. The van der Waals surface area contributed by atoms with Crippen LogP contribution in [0.5, 0.6) is 0 Å². The van der Waals surface area contributed by atoms with Gasteiger partial charge in [-0.3, -0.25) is 0 Å². The van der Waals surface area contributed by atoms with Gasteiger partial charge in [-0.1, -0.05) is 0 Å². The lowest BCUT2D eigenvalue weighted by atomic mass is 10.2. The van der Waals surface area contributed by atoms with Gasteiger partial charge in [-0.25, -0.2) is 4.79 Å². The molecular formula is C8H14O3. The highest BCUT2D eigenvalue weighted by Gasteiger charge is 2.04. The van der Waals surface area contributed by atoms with Gasteiger partial charge in [0, 0.05) is 5.57 Å². The van der Waals surface area contributed by atoms with Crippen LogP contribution in [0.2, 0.25) is 0 Å². The van der Waals surface area contributed by atoms with Crippen molar-refractivity contribution in [2.45, 2.75) is 26.9 Å². The lowest BCUT2D eigenvalue weighted by molar-refractivity contribution is -0.138. The zero-order valence-electron chi connectivity index (χ0n) is 7.13. The van der Waals surface area contributed by atoms with E-state index in [9.17, 15) is 4.79 Å². The first-order valence-electron chi connectivity index (χ1n) is 3.61. The Labute approximate surface area is 66.7 Å². The van der Waals surface area contributed by atoms with Gasteiger partial charge in [-0.15, -0.1) is 0 Å². The van der Waals surface area contributed by atoms with E-state index in [0.29, 0.717) is 12.2 Å². The fourth-order valence-corrected chi connectivity index (χ4v) is 0.675. The van der Waals surface area contributed by atoms with Gasteiger partial charge < -0.3 is 9.84 Å². The number of esters is 1. The number of hydrogen-bond acceptors (Lipinski definition) is 3. The second kappa shape index (κ2) is 4.91. The Balaban J connectivity index is 4.01. The highest BCUT2D eigenvalue weighted by Crippen LogP contribution is 1.98. The van der Waals surface area contributed by atoms with Crippen molar-refractivity contribution in [2.75, 3.05) is 6.61 Å². The topological polar surface area (TPSA) is 46.5 Å². The van der Waals surface area contributed by atoms with E-state index >= 15 is 0 Å². The molecule has 0 aliphatic rings. The van der Waals surface area contributed by atoms with Crippen LogP contribution >= 0.6 is 0 Å². The maximum absolute atomic E-state index is 10.9. The summed E-state index contributed by atoms with van der Waals surface area (Å²) < 4.78 is 4.69. The molecule has 64 valence electrons. The third-order valence-electron chi connectivity index (χ3n) is 1.09. The SMILES string of the molecule is CCOC(=O)/C(C)=C/[C@@H](C)O. The zero-order valence-corrected chi connectivity index (χ0v) is 7.13. The monoisotopic (exact) mass is 158 g/mol. The Hall–Kier alpha value is -0.830. The molecule has 1 N–H and O–H groups in total. The van der Waals surface area contributed by atoms with Gasteiger partial charge >= 0.3 is 5.97 Å². The zero-order chi connectivity index (χ0) is 8.85. The first-order chi connectivity index (χ1) is 5.07. The van der Waals surface area contributed by atoms with E-state index in [1.165, 1.54) is 6.08 Å². The van der Waals surface area contributed by atoms with Crippen LogP contribution in [0.25, 0.3) is 0 Å². The van der Waals surface area contributed by atoms with Crippen molar-refractivity contribution in [2.24, 2.45) is 0 Å². The highest BCUT2D eigenvalue weighted by molar-refractivity contribution is 5.87. The standard InChI is InChI=1S/C8H14O3/c1-4-11-8(10)6(2)5-7(3)9/h5,7,9H,4H2,1-3H3/b6-5+/t7-/m1/s1. The maximum Gasteiger partial charge on any atom is 0.333 e. The van der Waals surface area contributed by atoms with Crippen molar-refractivity contribution in [1.82, 2.24) is 0 Å². The van der Waals surface area contributed by atoms with E-state index in [2.05, 4.69) is 4.74 Å². The molecule has 0 aliphatic carbocycles. The van der Waals surface area contributed by atoms with E-state index < -0.39 is 6.10 Å². The van der Waals surface area contributed by atoms with Crippen molar-refractivity contribution in [3.05, 3.63) is 11.6 Å². The van der Waals surface area contributed by atoms with E-state index in [1.54, 1.807) is 20.8 Å². The Bertz CT molecular complexity index is 159. The van der Waals surface area contributed by atoms with Crippen LogP contribution in [0.4, 0.5) is 0 Å². The first-order valence-corrected chi connectivity index (χ1v) is 3.61. The molecule has 0 saturated carbocycles. The molecule has 11 heavy (non-hydrogen) atoms. The first kappa shape index (κ1) is 10.2. The molecular weight excluding hydrogens is 144 g/mol. The van der Waals surface area contributed by atoms with E-state index in [-0.39, 0.29) is 5.97 Å². The van der Waals surface area contributed by atoms with Crippen LogP contribution in [-0.2, 0) is 9.53 Å². The van der Waals surface area contributed by atoms with Crippen LogP contribution in [-0.4, -0.2) is 23.8 Å². The number of carbonyl (C=O) groups excluding carboxylic acids is 1. The number of ether oxygens (including phenoxy) is 1. The lowest BCUT2D eigenvalue weighted by Gasteiger charge is -2.02. The summed E-state index contributed by atoms with van der Waals surface area (Å²) in [5.41, 5.74) is 0.446. The van der Waals surface area contributed by atoms with Crippen molar-refractivity contribution >= 4 is 5.97 Å². The number of hydrogen-bond donors (Lipinski definition) is 1. The van der Waals surface area contributed by atoms with Gasteiger partial charge in [-0.05, 0) is 26.8 Å². The Morgan fingerprint density at radius 3 is 2.64 bits per heavy atom. The Kier molecular flexibility index (Phi) is 4.54. The van der Waals surface area contributed by atoms with Gasteiger partial charge in [0.05, 0.1) is 12.7 Å². The molecule has 1 atom stereocenters. The van der Waals surface area contributed by atoms with E-state index in [1.807, 2.05) is 0 Å². The Morgan fingerprint density at radius 2 is 2.27 bits per heavy atom. The molecule has 0 aromatic heterocycles. The Morgan fingerprint density at radius 1 is 1.73 bits per heavy atom. The molecule has 0 fully saturated rings. The molecule has 3 nitrogen and oxygen atoms in total. The molecule has 0 rings (SSSR count). The minimum Gasteiger partial charge on any atom is -0.463 e. The maximum atomic E-state index is 10.9. The van der Waals surface area contributed by atoms with Crippen LogP contribution in [0.15, 0.2) is 11.6 Å². The molecule has 0 aromatic rings. The minimum absolute atomic E-state index is 0.365. The van der Waals surface area contributed by atoms with E-state index in [4.69, 9.17) is 5.11 Å². The van der Waals surface area contributed by atoms with Crippen LogP contribution in [0.3, 0.4) is 0 Å². The van der Waals surface area contributed by atoms with Crippen molar-refractivity contribution in [1.29, 1.82) is 0 Å². The van der Waals surface area contributed by atoms with Gasteiger partial charge in [-0.2, -0.15) is 0 Å². The summed E-state index contributed by atoms with van der Waals surface area (Å²) in [6.07, 6.45) is 0.859. The van der Waals surface area contributed by atoms with Crippen LogP contribution < -0.4 is 0 Å². The van der Waals surface area contributed by atoms with E-state index in [0.717, 1.165) is 0 Å². The van der Waals surface area contributed by atoms with Gasteiger partial charge in [0.2, 0.25) is 0 Å². The molecule has 0 bridgehead atoms. The van der Waals surface area contributed by atoms with Gasteiger partial charge in [0.15, 0.2) is 0 Å². The van der Waals surface area contributed by atoms with Crippen LogP contribution in [0.1, 0.15) is 20.8 Å². The summed E-state index contributed by atoms with van der Waals surface area (Å²) >= 11 is 0. The highest BCUT2D eigenvalue weighted by atomic mass is 16.5. The summed E-state index contributed by atoms with van der Waals surface area (Å²) in [5.74, 6) is -0.367. The molecule has 0 radical (unpaired) electrons. The molecule has 0 unspecified atom stereocenters. The van der Waals surface area contributed by atoms with Gasteiger partial charge in [0.25, 0.3) is 0 Å². The fourth-order valence-electron chi connectivity index (χ4n) is 0.675. The van der Waals surface area contributed by atoms with Crippen LogP contribution in [0, 0.1) is 0 Å². The minimum atomic E-state index is -0.598. The summed E-state index contributed by atoms with van der Waals surface area (Å²) in [5, 5.41) is 8.86. The normalized spacial score (nSPS) is 14.4. The van der Waals surface area contributed by atoms with Gasteiger partial charge in [0.1, 0.15) is 0 Å². The summed E-state index contributed by atoms with van der Waals surface area (Å²) in [4.78, 5) is 10.9. The molecule has 0 spiro atoms. The molecule has 0 aromatic carbocycles. The third kappa shape index (κ3) is 4.56. The predicted molar refractivity (Wildman–Crippen MR) is 42.1 cm³/mol. The largest absolute Gasteiger partial charge is 0.463 e. The number of aliphatic hydroxyl groups excluding tert-OH is 1. The number of rotatable bonds is 3. The smallest absolute Gasteiger partial charge is 0.333 e. The number of carbonyl (C=O) groups is 1. The quantitative estimate of drug-likeness (QED) is 0.490. The van der Waals surface area contributed by atoms with Crippen molar-refractivity contribution < 1.29 is 14.6 Å². The summed E-state index contributed by atoms with van der Waals surface area (Å²) in [6.45, 7) is 5.31. The average molecular weight is 158 g/mol.